The van der Waals surface area contributed by atoms with E-state index in [1.54, 1.807) is 4.31 Å². The van der Waals surface area contributed by atoms with Crippen LogP contribution in [-0.2, 0) is 10.0 Å². The molecule has 0 aliphatic carbocycles. The molecule has 0 aromatic rings. The summed E-state index contributed by atoms with van der Waals surface area (Å²) in [5.41, 5.74) is -0.298. The van der Waals surface area contributed by atoms with Crippen LogP contribution in [0.3, 0.4) is 0 Å². The van der Waals surface area contributed by atoms with Gasteiger partial charge in [0.05, 0.1) is 12.9 Å². The van der Waals surface area contributed by atoms with Crippen molar-refractivity contribution >= 4 is 10.0 Å². The Bertz CT molecular complexity index is 341. The van der Waals surface area contributed by atoms with E-state index in [1.165, 1.54) is 6.26 Å². The molecule has 6 heteroatoms. The maximum atomic E-state index is 11.5. The van der Waals surface area contributed by atoms with E-state index in [0.717, 1.165) is 19.4 Å². The normalized spacial score (nSPS) is 23.9. The molecule has 1 aliphatic rings. The largest absolute Gasteiger partial charge is 0.394 e. The fourth-order valence-corrected chi connectivity index (χ4v) is 2.91. The highest BCUT2D eigenvalue weighted by molar-refractivity contribution is 7.88. The third-order valence-electron chi connectivity index (χ3n) is 3.22. The fraction of sp³-hybridized carbons (Fsp3) is 1.00. The second kappa shape index (κ2) is 5.65. The zero-order valence-electron chi connectivity index (χ0n) is 10.9. The Kier molecular flexibility index (Phi) is 4.95. The van der Waals surface area contributed by atoms with Crippen molar-refractivity contribution in [3.63, 3.8) is 0 Å². The highest BCUT2D eigenvalue weighted by atomic mass is 32.2. The molecular formula is C11H24N2O3S. The van der Waals surface area contributed by atoms with Gasteiger partial charge in [-0.1, -0.05) is 0 Å². The molecule has 0 amide bonds. The Labute approximate surface area is 104 Å². The van der Waals surface area contributed by atoms with Gasteiger partial charge in [-0.2, -0.15) is 0 Å². The summed E-state index contributed by atoms with van der Waals surface area (Å²) in [6, 6.07) is 0. The van der Waals surface area contributed by atoms with Gasteiger partial charge in [0.15, 0.2) is 0 Å². The average Bonchev–Trinajstić information content (AvgIpc) is 2.26. The van der Waals surface area contributed by atoms with Crippen LogP contribution in [0.2, 0.25) is 0 Å². The third kappa shape index (κ3) is 4.91. The highest BCUT2D eigenvalue weighted by Crippen LogP contribution is 2.18. The Hall–Kier alpha value is -0.170. The third-order valence-corrected chi connectivity index (χ3v) is 4.48. The molecule has 0 bridgehead atoms. The first kappa shape index (κ1) is 14.9. The van der Waals surface area contributed by atoms with Crippen molar-refractivity contribution in [1.82, 2.24) is 9.62 Å². The summed E-state index contributed by atoms with van der Waals surface area (Å²) in [4.78, 5) is 0. The minimum Gasteiger partial charge on any atom is -0.394 e. The van der Waals surface area contributed by atoms with Gasteiger partial charge in [-0.25, -0.2) is 12.7 Å². The molecule has 1 rings (SSSR count). The number of nitrogens with zero attached hydrogens (tertiary/aromatic N) is 1. The smallest absolute Gasteiger partial charge is 0.211 e. The van der Waals surface area contributed by atoms with Crippen LogP contribution in [-0.4, -0.2) is 55.9 Å². The van der Waals surface area contributed by atoms with Crippen molar-refractivity contribution < 1.29 is 13.5 Å². The van der Waals surface area contributed by atoms with Crippen molar-refractivity contribution in [3.8, 4) is 0 Å². The lowest BCUT2D eigenvalue weighted by Gasteiger charge is -2.33. The highest BCUT2D eigenvalue weighted by Gasteiger charge is 2.27. The molecule has 102 valence electrons. The molecule has 1 aliphatic heterocycles. The predicted molar refractivity (Wildman–Crippen MR) is 68.3 cm³/mol. The number of rotatable bonds is 5. The second-order valence-electron chi connectivity index (χ2n) is 5.55. The van der Waals surface area contributed by atoms with E-state index in [2.05, 4.69) is 5.32 Å². The first-order chi connectivity index (χ1) is 7.74. The van der Waals surface area contributed by atoms with Gasteiger partial charge < -0.3 is 10.4 Å². The molecule has 2 N–H and O–H groups in total. The Morgan fingerprint density at radius 3 is 2.65 bits per heavy atom. The minimum atomic E-state index is -3.06. The van der Waals surface area contributed by atoms with Crippen LogP contribution in [0.5, 0.6) is 0 Å². The lowest BCUT2D eigenvalue weighted by atomic mass is 9.98. The summed E-state index contributed by atoms with van der Waals surface area (Å²) in [5.74, 6) is 0.337. The monoisotopic (exact) mass is 264 g/mol. The van der Waals surface area contributed by atoms with Gasteiger partial charge in [-0.3, -0.25) is 0 Å². The van der Waals surface area contributed by atoms with Crippen LogP contribution in [0.1, 0.15) is 26.7 Å². The van der Waals surface area contributed by atoms with E-state index in [-0.39, 0.29) is 12.1 Å². The van der Waals surface area contributed by atoms with Gasteiger partial charge in [0.2, 0.25) is 10.0 Å². The lowest BCUT2D eigenvalue weighted by molar-refractivity contribution is 0.171. The molecule has 1 heterocycles. The molecule has 0 saturated carbocycles. The summed E-state index contributed by atoms with van der Waals surface area (Å²) in [6.45, 7) is 5.93. The first-order valence-corrected chi connectivity index (χ1v) is 7.90. The fourth-order valence-electron chi connectivity index (χ4n) is 1.97. The van der Waals surface area contributed by atoms with Crippen LogP contribution >= 0.6 is 0 Å². The summed E-state index contributed by atoms with van der Waals surface area (Å²) < 4.78 is 24.5. The SMILES string of the molecule is CC(C)(CO)NCC1CCCN(S(C)(=O)=O)C1. The van der Waals surface area contributed by atoms with Crippen molar-refractivity contribution in [2.75, 3.05) is 32.5 Å². The molecule has 5 nitrogen and oxygen atoms in total. The van der Waals surface area contributed by atoms with Crippen LogP contribution in [0.4, 0.5) is 0 Å². The standard InChI is InChI=1S/C11H24N2O3S/c1-11(2,9-14)12-7-10-5-4-6-13(8-10)17(3,15)16/h10,12,14H,4-9H2,1-3H3. The van der Waals surface area contributed by atoms with Gasteiger partial charge in [0.25, 0.3) is 0 Å². The number of hydrogen-bond donors (Lipinski definition) is 2. The number of aliphatic hydroxyl groups excluding tert-OH is 1. The molecule has 1 fully saturated rings. The molecular weight excluding hydrogens is 240 g/mol. The van der Waals surface area contributed by atoms with Gasteiger partial charge in [0.1, 0.15) is 0 Å². The van der Waals surface area contributed by atoms with Crippen LogP contribution in [0.15, 0.2) is 0 Å². The van der Waals surface area contributed by atoms with Crippen LogP contribution in [0, 0.1) is 5.92 Å². The van der Waals surface area contributed by atoms with Crippen molar-refractivity contribution in [3.05, 3.63) is 0 Å². The van der Waals surface area contributed by atoms with Gasteiger partial charge >= 0.3 is 0 Å². The number of piperidine rings is 1. The molecule has 0 spiro atoms. The molecule has 0 radical (unpaired) electrons. The zero-order chi connectivity index (χ0) is 13.1. The maximum Gasteiger partial charge on any atom is 0.211 e. The molecule has 1 atom stereocenters. The summed E-state index contributed by atoms with van der Waals surface area (Å²) in [5, 5.41) is 12.4. The Balaban J connectivity index is 2.46. The maximum absolute atomic E-state index is 11.5. The molecule has 0 aromatic carbocycles. The molecule has 1 saturated heterocycles. The topological polar surface area (TPSA) is 69.6 Å². The lowest BCUT2D eigenvalue weighted by Crippen LogP contribution is -2.48. The summed E-state index contributed by atoms with van der Waals surface area (Å²) in [6.07, 6.45) is 3.22. The minimum absolute atomic E-state index is 0.0789. The summed E-state index contributed by atoms with van der Waals surface area (Å²) in [7, 11) is -3.06. The van der Waals surface area contributed by atoms with Gasteiger partial charge in [-0.15, -0.1) is 0 Å². The van der Waals surface area contributed by atoms with E-state index < -0.39 is 10.0 Å². The number of nitrogens with one attached hydrogen (secondary N) is 1. The number of hydrogen-bond acceptors (Lipinski definition) is 4. The van der Waals surface area contributed by atoms with E-state index in [4.69, 9.17) is 5.11 Å². The first-order valence-electron chi connectivity index (χ1n) is 6.05. The van der Waals surface area contributed by atoms with Gasteiger partial charge in [0, 0.05) is 18.6 Å². The number of aliphatic hydroxyl groups is 1. The van der Waals surface area contributed by atoms with Crippen molar-refractivity contribution in [2.45, 2.75) is 32.2 Å². The molecule has 0 aromatic heterocycles. The van der Waals surface area contributed by atoms with Crippen molar-refractivity contribution in [2.24, 2.45) is 5.92 Å². The Morgan fingerprint density at radius 1 is 1.47 bits per heavy atom. The summed E-state index contributed by atoms with van der Waals surface area (Å²) >= 11 is 0. The van der Waals surface area contributed by atoms with E-state index in [1.807, 2.05) is 13.8 Å². The van der Waals surface area contributed by atoms with Crippen molar-refractivity contribution in [1.29, 1.82) is 0 Å². The molecule has 1 unspecified atom stereocenters. The van der Waals surface area contributed by atoms with Gasteiger partial charge in [-0.05, 0) is 39.2 Å². The van der Waals surface area contributed by atoms with E-state index in [9.17, 15) is 8.42 Å². The van der Waals surface area contributed by atoms with Crippen LogP contribution in [0.25, 0.3) is 0 Å². The quantitative estimate of drug-likeness (QED) is 0.734. The van der Waals surface area contributed by atoms with E-state index >= 15 is 0 Å². The zero-order valence-corrected chi connectivity index (χ0v) is 11.8. The number of sulfonamides is 1. The Morgan fingerprint density at radius 2 is 2.12 bits per heavy atom. The van der Waals surface area contributed by atoms with E-state index in [0.29, 0.717) is 19.0 Å². The average molecular weight is 264 g/mol. The van der Waals surface area contributed by atoms with Crippen LogP contribution < -0.4 is 5.32 Å². The second-order valence-corrected chi connectivity index (χ2v) is 7.53. The predicted octanol–water partition coefficient (Wildman–Crippen LogP) is 0.0185. The molecule has 17 heavy (non-hydrogen) atoms.